The van der Waals surface area contributed by atoms with Crippen molar-refractivity contribution in [3.63, 3.8) is 0 Å². The van der Waals surface area contributed by atoms with Gasteiger partial charge >= 0.3 is 6.03 Å². The van der Waals surface area contributed by atoms with Crippen molar-refractivity contribution >= 4 is 11.7 Å². The smallest absolute Gasteiger partial charge is 0.319 e. The van der Waals surface area contributed by atoms with E-state index in [2.05, 4.69) is 22.5 Å². The second-order valence-electron chi connectivity index (χ2n) is 5.87. The minimum atomic E-state index is -0.323. The number of carbonyl (C=O) groups is 1. The molecule has 0 aliphatic rings. The Morgan fingerprint density at radius 1 is 1.23 bits per heavy atom. The van der Waals surface area contributed by atoms with Crippen LogP contribution in [0.3, 0.4) is 0 Å². The van der Waals surface area contributed by atoms with Crippen molar-refractivity contribution < 1.29 is 9.53 Å². The first-order chi connectivity index (χ1) is 12.6. The second kappa shape index (κ2) is 10.2. The molecule has 0 spiro atoms. The summed E-state index contributed by atoms with van der Waals surface area (Å²) in [5, 5.41) is 5.47. The van der Waals surface area contributed by atoms with Crippen LogP contribution in [0.15, 0.2) is 41.5 Å². The summed E-state index contributed by atoms with van der Waals surface area (Å²) in [5.41, 5.74) is 1.33. The fourth-order valence-electron chi connectivity index (χ4n) is 2.26. The number of nitrogens with one attached hydrogen (secondary N) is 2. The van der Waals surface area contributed by atoms with E-state index in [1.54, 1.807) is 12.1 Å². The SMILES string of the molecule is CCCCOc1ccc(NC(=O)NCCn2cnc(CC)cc2=O)cc1. The van der Waals surface area contributed by atoms with Gasteiger partial charge in [0.05, 0.1) is 12.9 Å². The predicted molar refractivity (Wildman–Crippen MR) is 102 cm³/mol. The fraction of sp³-hybridized carbons (Fsp3) is 0.421. The van der Waals surface area contributed by atoms with Gasteiger partial charge in [-0.15, -0.1) is 0 Å². The van der Waals surface area contributed by atoms with Crippen molar-refractivity contribution in [3.05, 3.63) is 52.7 Å². The number of urea groups is 1. The van der Waals surface area contributed by atoms with E-state index in [1.165, 1.54) is 17.0 Å². The van der Waals surface area contributed by atoms with Gasteiger partial charge in [0.25, 0.3) is 5.56 Å². The highest BCUT2D eigenvalue weighted by Crippen LogP contribution is 2.15. The number of hydrogen-bond acceptors (Lipinski definition) is 4. The standard InChI is InChI=1S/C19H26N4O3/c1-3-5-12-26-17-8-6-16(7-9-17)22-19(25)20-10-11-23-14-21-15(4-2)13-18(23)24/h6-9,13-14H,3-5,10-12H2,1-2H3,(H2,20,22,25). The van der Waals surface area contributed by atoms with Crippen LogP contribution in [0.2, 0.25) is 0 Å². The lowest BCUT2D eigenvalue weighted by Crippen LogP contribution is -2.33. The average Bonchev–Trinajstić information content (AvgIpc) is 2.64. The first-order valence-corrected chi connectivity index (χ1v) is 8.95. The van der Waals surface area contributed by atoms with Gasteiger partial charge in [-0.25, -0.2) is 9.78 Å². The summed E-state index contributed by atoms with van der Waals surface area (Å²) in [5.74, 6) is 0.784. The number of amides is 2. The van der Waals surface area contributed by atoms with Gasteiger partial charge in [0.2, 0.25) is 0 Å². The lowest BCUT2D eigenvalue weighted by atomic mass is 10.3. The van der Waals surface area contributed by atoms with Crippen molar-refractivity contribution in [2.24, 2.45) is 0 Å². The Morgan fingerprint density at radius 3 is 2.65 bits per heavy atom. The Kier molecular flexibility index (Phi) is 7.67. The number of rotatable bonds is 9. The molecule has 0 bridgehead atoms. The van der Waals surface area contributed by atoms with Crippen molar-refractivity contribution in [3.8, 4) is 5.75 Å². The third-order valence-electron chi connectivity index (χ3n) is 3.82. The number of aromatic nitrogens is 2. The maximum atomic E-state index is 11.9. The van der Waals surface area contributed by atoms with E-state index in [-0.39, 0.29) is 11.6 Å². The zero-order valence-electron chi connectivity index (χ0n) is 15.3. The zero-order chi connectivity index (χ0) is 18.8. The molecule has 0 atom stereocenters. The van der Waals surface area contributed by atoms with Crippen LogP contribution < -0.4 is 20.9 Å². The minimum absolute atomic E-state index is 0.113. The molecule has 2 N–H and O–H groups in total. The third kappa shape index (κ3) is 6.23. The molecule has 0 fully saturated rings. The Bertz CT molecular complexity index is 756. The lowest BCUT2D eigenvalue weighted by Gasteiger charge is -2.10. The van der Waals surface area contributed by atoms with E-state index in [4.69, 9.17) is 4.74 Å². The van der Waals surface area contributed by atoms with Crippen molar-refractivity contribution in [2.75, 3.05) is 18.5 Å². The number of aryl methyl sites for hydroxylation is 1. The normalized spacial score (nSPS) is 10.4. The predicted octanol–water partition coefficient (Wildman–Crippen LogP) is 2.81. The number of ether oxygens (including phenoxy) is 1. The van der Waals surface area contributed by atoms with Crippen LogP contribution in [0, 0.1) is 0 Å². The molecule has 1 aromatic heterocycles. The van der Waals surface area contributed by atoms with E-state index in [0.29, 0.717) is 25.4 Å². The third-order valence-corrected chi connectivity index (χ3v) is 3.82. The number of anilines is 1. The molecular formula is C19H26N4O3. The van der Waals surface area contributed by atoms with Gasteiger partial charge in [-0.1, -0.05) is 20.3 Å². The van der Waals surface area contributed by atoms with E-state index >= 15 is 0 Å². The minimum Gasteiger partial charge on any atom is -0.494 e. The molecule has 1 heterocycles. The van der Waals surface area contributed by atoms with Crippen LogP contribution in [0.1, 0.15) is 32.4 Å². The molecule has 1 aromatic carbocycles. The molecule has 2 aromatic rings. The molecule has 7 heteroatoms. The molecule has 140 valence electrons. The van der Waals surface area contributed by atoms with Gasteiger partial charge in [0, 0.05) is 30.5 Å². The van der Waals surface area contributed by atoms with Crippen molar-refractivity contribution in [1.29, 1.82) is 0 Å². The maximum Gasteiger partial charge on any atom is 0.319 e. The summed E-state index contributed by atoms with van der Waals surface area (Å²) in [4.78, 5) is 28.0. The van der Waals surface area contributed by atoms with Gasteiger partial charge in [-0.05, 0) is 37.1 Å². The van der Waals surface area contributed by atoms with Gasteiger partial charge in [-0.2, -0.15) is 0 Å². The number of nitrogens with zero attached hydrogens (tertiary/aromatic N) is 2. The Hall–Kier alpha value is -2.83. The monoisotopic (exact) mass is 358 g/mol. The first kappa shape index (κ1) is 19.5. The highest BCUT2D eigenvalue weighted by molar-refractivity contribution is 5.89. The molecule has 0 aliphatic carbocycles. The molecule has 7 nitrogen and oxygen atoms in total. The maximum absolute atomic E-state index is 11.9. The van der Waals surface area contributed by atoms with Crippen molar-refractivity contribution in [1.82, 2.24) is 14.9 Å². The molecule has 26 heavy (non-hydrogen) atoms. The largest absolute Gasteiger partial charge is 0.494 e. The highest BCUT2D eigenvalue weighted by Gasteiger charge is 2.03. The first-order valence-electron chi connectivity index (χ1n) is 8.95. The van der Waals surface area contributed by atoms with Gasteiger partial charge in [-0.3, -0.25) is 9.36 Å². The van der Waals surface area contributed by atoms with Gasteiger partial charge < -0.3 is 15.4 Å². The summed E-state index contributed by atoms with van der Waals surface area (Å²) in [6, 6.07) is 8.43. The van der Waals surface area contributed by atoms with Crippen molar-refractivity contribution in [2.45, 2.75) is 39.7 Å². The van der Waals surface area contributed by atoms with Crippen LogP contribution in [0.4, 0.5) is 10.5 Å². The lowest BCUT2D eigenvalue weighted by molar-refractivity contribution is 0.251. The molecule has 0 saturated carbocycles. The van der Waals surface area contributed by atoms with Crippen LogP contribution in [-0.4, -0.2) is 28.7 Å². The summed E-state index contributed by atoms with van der Waals surface area (Å²) in [6.07, 6.45) is 4.34. The second-order valence-corrected chi connectivity index (χ2v) is 5.87. The molecule has 0 saturated heterocycles. The summed E-state index contributed by atoms with van der Waals surface area (Å²) >= 11 is 0. The van der Waals surface area contributed by atoms with Gasteiger partial charge in [0.15, 0.2) is 0 Å². The Morgan fingerprint density at radius 2 is 2.00 bits per heavy atom. The van der Waals surface area contributed by atoms with Crippen LogP contribution in [0.25, 0.3) is 0 Å². The van der Waals surface area contributed by atoms with E-state index in [9.17, 15) is 9.59 Å². The topological polar surface area (TPSA) is 85.2 Å². The average molecular weight is 358 g/mol. The highest BCUT2D eigenvalue weighted by atomic mass is 16.5. The van der Waals surface area contributed by atoms with E-state index < -0.39 is 0 Å². The Balaban J connectivity index is 1.75. The number of benzene rings is 1. The molecular weight excluding hydrogens is 332 g/mol. The van der Waals surface area contributed by atoms with E-state index in [1.807, 2.05) is 19.1 Å². The number of unbranched alkanes of at least 4 members (excludes halogenated alkanes) is 1. The fourth-order valence-corrected chi connectivity index (χ4v) is 2.26. The summed E-state index contributed by atoms with van der Waals surface area (Å²) in [6.45, 7) is 5.45. The molecule has 0 aliphatic heterocycles. The molecule has 2 rings (SSSR count). The quantitative estimate of drug-likeness (QED) is 0.675. The van der Waals surface area contributed by atoms with E-state index in [0.717, 1.165) is 30.7 Å². The molecule has 0 radical (unpaired) electrons. The summed E-state index contributed by atoms with van der Waals surface area (Å²) in [7, 11) is 0. The zero-order valence-corrected chi connectivity index (χ0v) is 15.3. The number of hydrogen-bond donors (Lipinski definition) is 2. The number of carbonyl (C=O) groups excluding carboxylic acids is 1. The molecule has 0 unspecified atom stereocenters. The van der Waals surface area contributed by atoms with Gasteiger partial charge in [0.1, 0.15) is 5.75 Å². The Labute approximate surface area is 153 Å². The van der Waals surface area contributed by atoms with Crippen LogP contribution in [-0.2, 0) is 13.0 Å². The summed E-state index contributed by atoms with van der Waals surface area (Å²) < 4.78 is 7.06. The molecule has 2 amide bonds. The van der Waals surface area contributed by atoms with Crippen LogP contribution in [0.5, 0.6) is 5.75 Å². The van der Waals surface area contributed by atoms with Crippen LogP contribution >= 0.6 is 0 Å².